The van der Waals surface area contributed by atoms with Crippen molar-refractivity contribution in [2.24, 2.45) is 0 Å². The summed E-state index contributed by atoms with van der Waals surface area (Å²) in [7, 11) is 3.34. The maximum absolute atomic E-state index is 12.3. The molecule has 102 valence electrons. The van der Waals surface area contributed by atoms with Gasteiger partial charge in [-0.2, -0.15) is 0 Å². The molecule has 5 nitrogen and oxygen atoms in total. The first-order chi connectivity index (χ1) is 9.02. The Hall–Kier alpha value is -2.01. The van der Waals surface area contributed by atoms with Gasteiger partial charge in [-0.3, -0.25) is 4.79 Å². The molecule has 5 heteroatoms. The Morgan fingerprint density at radius 1 is 1.47 bits per heavy atom. The Morgan fingerprint density at radius 2 is 2.21 bits per heavy atom. The molecule has 0 aliphatic carbocycles. The number of furan rings is 1. The van der Waals surface area contributed by atoms with E-state index in [2.05, 4.69) is 0 Å². The Balaban J connectivity index is 2.26. The molecular formula is C14H18N2O3. The van der Waals surface area contributed by atoms with Crippen molar-refractivity contribution in [3.05, 3.63) is 30.0 Å². The first kappa shape index (κ1) is 13.4. The summed E-state index contributed by atoms with van der Waals surface area (Å²) in [4.78, 5) is 13.9. The number of nitrogens with two attached hydrogens (primary N) is 1. The number of carbonyl (C=O) groups is 1. The minimum Gasteiger partial charge on any atom is -0.451 e. The second-order valence-corrected chi connectivity index (χ2v) is 4.63. The third-order valence-corrected chi connectivity index (χ3v) is 3.14. The van der Waals surface area contributed by atoms with Gasteiger partial charge in [0.05, 0.1) is 12.6 Å². The van der Waals surface area contributed by atoms with Crippen LogP contribution >= 0.6 is 0 Å². The van der Waals surface area contributed by atoms with Crippen molar-refractivity contribution >= 4 is 22.6 Å². The van der Waals surface area contributed by atoms with Crippen molar-refractivity contribution in [1.29, 1.82) is 0 Å². The molecule has 0 aliphatic rings. The van der Waals surface area contributed by atoms with Crippen LogP contribution in [0.15, 0.2) is 28.7 Å². The predicted molar refractivity (Wildman–Crippen MR) is 74.1 cm³/mol. The van der Waals surface area contributed by atoms with Gasteiger partial charge in [0.2, 0.25) is 0 Å². The van der Waals surface area contributed by atoms with Crippen LogP contribution in [0.4, 0.5) is 5.69 Å². The molecule has 0 saturated carbocycles. The van der Waals surface area contributed by atoms with E-state index in [9.17, 15) is 4.79 Å². The fourth-order valence-electron chi connectivity index (χ4n) is 1.89. The highest BCUT2D eigenvalue weighted by Crippen LogP contribution is 2.22. The van der Waals surface area contributed by atoms with E-state index >= 15 is 0 Å². The Bertz CT molecular complexity index is 591. The molecule has 0 saturated heterocycles. The zero-order valence-corrected chi connectivity index (χ0v) is 11.3. The molecule has 0 bridgehead atoms. The first-order valence-electron chi connectivity index (χ1n) is 6.08. The number of fused-ring (bicyclic) bond motifs is 1. The second kappa shape index (κ2) is 5.32. The number of likely N-dealkylation sites (N-methyl/N-ethyl adjacent to an activating group) is 1. The number of amides is 1. The van der Waals surface area contributed by atoms with Crippen LogP contribution in [0.5, 0.6) is 0 Å². The number of carbonyl (C=O) groups excluding carboxylic acids is 1. The molecule has 0 radical (unpaired) electrons. The van der Waals surface area contributed by atoms with Crippen LogP contribution in [0.1, 0.15) is 17.5 Å². The maximum Gasteiger partial charge on any atom is 0.289 e. The van der Waals surface area contributed by atoms with Crippen molar-refractivity contribution in [1.82, 2.24) is 4.90 Å². The molecule has 2 N–H and O–H groups in total. The number of benzene rings is 1. The van der Waals surface area contributed by atoms with Gasteiger partial charge in [-0.05, 0) is 31.2 Å². The van der Waals surface area contributed by atoms with E-state index in [0.717, 1.165) is 5.39 Å². The number of methoxy groups -OCH3 is 1. The summed E-state index contributed by atoms with van der Waals surface area (Å²) in [5.74, 6) is 0.144. The normalized spacial score (nSPS) is 12.6. The van der Waals surface area contributed by atoms with Gasteiger partial charge in [-0.15, -0.1) is 0 Å². The molecule has 1 unspecified atom stereocenters. The fourth-order valence-corrected chi connectivity index (χ4v) is 1.89. The average Bonchev–Trinajstić information content (AvgIpc) is 2.80. The predicted octanol–water partition coefficient (Wildman–Crippen LogP) is 2.12. The van der Waals surface area contributed by atoms with Crippen molar-refractivity contribution in [3.63, 3.8) is 0 Å². The van der Waals surface area contributed by atoms with Gasteiger partial charge in [0.15, 0.2) is 5.76 Å². The minimum atomic E-state index is -0.167. The molecule has 1 heterocycles. The van der Waals surface area contributed by atoms with Gasteiger partial charge >= 0.3 is 0 Å². The summed E-state index contributed by atoms with van der Waals surface area (Å²) in [6.07, 6.45) is 0. The average molecular weight is 262 g/mol. The molecule has 1 amide bonds. The summed E-state index contributed by atoms with van der Waals surface area (Å²) in [5.41, 5.74) is 7.01. The number of nitrogens with zero attached hydrogens (tertiary/aromatic N) is 1. The summed E-state index contributed by atoms with van der Waals surface area (Å²) >= 11 is 0. The number of anilines is 1. The van der Waals surface area contributed by atoms with Crippen LogP contribution in [-0.2, 0) is 4.74 Å². The van der Waals surface area contributed by atoms with Crippen LogP contribution in [-0.4, -0.2) is 37.6 Å². The van der Waals surface area contributed by atoms with Gasteiger partial charge < -0.3 is 19.8 Å². The quantitative estimate of drug-likeness (QED) is 0.857. The third-order valence-electron chi connectivity index (χ3n) is 3.14. The lowest BCUT2D eigenvalue weighted by atomic mass is 10.2. The molecule has 0 fully saturated rings. The molecule has 2 rings (SSSR count). The van der Waals surface area contributed by atoms with Crippen molar-refractivity contribution < 1.29 is 13.9 Å². The van der Waals surface area contributed by atoms with Crippen molar-refractivity contribution in [2.45, 2.75) is 13.0 Å². The standard InChI is InChI=1S/C14H18N2O3/c1-9(8-18-3)16(2)14(17)13-7-10-6-11(15)4-5-12(10)19-13/h4-7,9H,8,15H2,1-3H3. The summed E-state index contributed by atoms with van der Waals surface area (Å²) in [6.45, 7) is 2.40. The second-order valence-electron chi connectivity index (χ2n) is 4.63. The lowest BCUT2D eigenvalue weighted by Gasteiger charge is -2.23. The van der Waals surface area contributed by atoms with E-state index < -0.39 is 0 Å². The van der Waals surface area contributed by atoms with E-state index in [-0.39, 0.29) is 11.9 Å². The molecule has 19 heavy (non-hydrogen) atoms. The highest BCUT2D eigenvalue weighted by molar-refractivity contribution is 5.96. The molecule has 2 aromatic rings. The van der Waals surface area contributed by atoms with E-state index in [1.165, 1.54) is 0 Å². The van der Waals surface area contributed by atoms with Crippen LogP contribution in [0.3, 0.4) is 0 Å². The number of nitrogen functional groups attached to an aromatic ring is 1. The summed E-state index contributed by atoms with van der Waals surface area (Å²) < 4.78 is 10.6. The zero-order valence-electron chi connectivity index (χ0n) is 11.3. The highest BCUT2D eigenvalue weighted by Gasteiger charge is 2.20. The molecule has 0 spiro atoms. The first-order valence-corrected chi connectivity index (χ1v) is 6.08. The Labute approximate surface area is 111 Å². The summed E-state index contributed by atoms with van der Waals surface area (Å²) in [5, 5.41) is 0.830. The van der Waals surface area contributed by atoms with E-state index in [1.807, 2.05) is 6.92 Å². The third kappa shape index (κ3) is 2.71. The van der Waals surface area contributed by atoms with Crippen molar-refractivity contribution in [3.8, 4) is 0 Å². The van der Waals surface area contributed by atoms with E-state index in [0.29, 0.717) is 23.6 Å². The lowest BCUT2D eigenvalue weighted by Crippen LogP contribution is -2.37. The molecule has 1 atom stereocenters. The number of ether oxygens (including phenoxy) is 1. The lowest BCUT2D eigenvalue weighted by molar-refractivity contribution is 0.0606. The zero-order chi connectivity index (χ0) is 14.0. The molecule has 1 aromatic carbocycles. The van der Waals surface area contributed by atoms with Crippen LogP contribution < -0.4 is 5.73 Å². The largest absolute Gasteiger partial charge is 0.451 e. The van der Waals surface area contributed by atoms with Crippen LogP contribution in [0, 0.1) is 0 Å². The van der Waals surface area contributed by atoms with Gasteiger partial charge in [0.25, 0.3) is 5.91 Å². The van der Waals surface area contributed by atoms with Gasteiger partial charge in [-0.1, -0.05) is 0 Å². The molecule has 0 aliphatic heterocycles. The molecule has 1 aromatic heterocycles. The van der Waals surface area contributed by atoms with E-state index in [4.69, 9.17) is 14.9 Å². The SMILES string of the molecule is COCC(C)N(C)C(=O)c1cc2cc(N)ccc2o1. The monoisotopic (exact) mass is 262 g/mol. The number of rotatable bonds is 4. The smallest absolute Gasteiger partial charge is 0.289 e. The Morgan fingerprint density at radius 3 is 2.89 bits per heavy atom. The van der Waals surface area contributed by atoms with Crippen LogP contribution in [0.25, 0.3) is 11.0 Å². The highest BCUT2D eigenvalue weighted by atomic mass is 16.5. The fraction of sp³-hybridized carbons (Fsp3) is 0.357. The number of hydrogen-bond donors (Lipinski definition) is 1. The topological polar surface area (TPSA) is 68.7 Å². The van der Waals surface area contributed by atoms with Gasteiger partial charge in [0, 0.05) is 25.2 Å². The van der Waals surface area contributed by atoms with Gasteiger partial charge in [-0.25, -0.2) is 0 Å². The van der Waals surface area contributed by atoms with Gasteiger partial charge in [0.1, 0.15) is 5.58 Å². The maximum atomic E-state index is 12.3. The van der Waals surface area contributed by atoms with Crippen molar-refractivity contribution in [2.75, 3.05) is 26.5 Å². The van der Waals surface area contributed by atoms with Crippen LogP contribution in [0.2, 0.25) is 0 Å². The Kier molecular flexibility index (Phi) is 3.76. The molecular weight excluding hydrogens is 244 g/mol. The minimum absolute atomic E-state index is 0.0178. The summed E-state index contributed by atoms with van der Waals surface area (Å²) in [6, 6.07) is 6.99. The van der Waals surface area contributed by atoms with E-state index in [1.54, 1.807) is 43.3 Å². The number of hydrogen-bond acceptors (Lipinski definition) is 4.